The van der Waals surface area contributed by atoms with Crippen LogP contribution in [-0.2, 0) is 4.79 Å². The molecule has 1 saturated heterocycles. The molecule has 0 aromatic heterocycles. The lowest BCUT2D eigenvalue weighted by molar-refractivity contribution is -0.384. The van der Waals surface area contributed by atoms with Crippen LogP contribution in [0, 0.1) is 10.1 Å². The molecular weight excluding hydrogens is 584 g/mol. The number of likely N-dealkylation sites (tertiary alicyclic amines) is 1. The molecule has 1 fully saturated rings. The van der Waals surface area contributed by atoms with Crippen molar-refractivity contribution in [2.45, 2.75) is 25.2 Å². The van der Waals surface area contributed by atoms with E-state index in [1.54, 1.807) is 49.6 Å². The fourth-order valence-electron chi connectivity index (χ4n) is 5.73. The Morgan fingerprint density at radius 2 is 1.61 bits per heavy atom. The largest absolute Gasteiger partial charge is 0.497 e. The summed E-state index contributed by atoms with van der Waals surface area (Å²) in [5.74, 6) is 2.27. The van der Waals surface area contributed by atoms with Crippen LogP contribution in [0.3, 0.4) is 0 Å². The van der Waals surface area contributed by atoms with Crippen molar-refractivity contribution in [2.24, 2.45) is 0 Å². The van der Waals surface area contributed by atoms with Crippen molar-refractivity contribution in [2.75, 3.05) is 37.0 Å². The van der Waals surface area contributed by atoms with Gasteiger partial charge in [0.25, 0.3) is 17.5 Å². The van der Waals surface area contributed by atoms with Gasteiger partial charge in [0.15, 0.2) is 0 Å². The Labute approximate surface area is 267 Å². The zero-order valence-electron chi connectivity index (χ0n) is 25.4. The Morgan fingerprint density at radius 3 is 2.26 bits per heavy atom. The Hall–Kier alpha value is -5.73. The van der Waals surface area contributed by atoms with Crippen molar-refractivity contribution >= 4 is 34.8 Å². The van der Waals surface area contributed by atoms with E-state index in [-0.39, 0.29) is 36.0 Å². The van der Waals surface area contributed by atoms with E-state index < -0.39 is 10.8 Å². The van der Waals surface area contributed by atoms with E-state index >= 15 is 0 Å². The predicted molar refractivity (Wildman–Crippen MR) is 176 cm³/mol. The fraction of sp³-hybridized carbons (Fsp3) is 0.222. The molecule has 2 amide bonds. The third kappa shape index (κ3) is 7.49. The average Bonchev–Trinajstić information content (AvgIpc) is 3.11. The van der Waals surface area contributed by atoms with E-state index in [1.807, 2.05) is 47.4 Å². The van der Waals surface area contributed by atoms with Gasteiger partial charge < -0.3 is 19.9 Å². The van der Waals surface area contributed by atoms with Gasteiger partial charge in [0, 0.05) is 66.8 Å². The number of carbonyl (C=O) groups is 2. The number of hydrogen-bond acceptors (Lipinski definition) is 7. The molecule has 0 aliphatic carbocycles. The number of carbonyl (C=O) groups excluding carboxylic acids is 3. The van der Waals surface area contributed by atoms with E-state index in [2.05, 4.69) is 11.3 Å². The summed E-state index contributed by atoms with van der Waals surface area (Å²) in [7, 11) is 1.58. The number of benzene rings is 4. The second-order valence-electron chi connectivity index (χ2n) is 10.9. The van der Waals surface area contributed by atoms with Gasteiger partial charge in [-0.15, -0.1) is 0 Å². The molecule has 1 N–H and O–H groups in total. The molecule has 1 aliphatic heterocycles. The van der Waals surface area contributed by atoms with Gasteiger partial charge in [-0.25, -0.2) is 4.79 Å². The monoisotopic (exact) mass is 618 g/mol. The van der Waals surface area contributed by atoms with Crippen LogP contribution < -0.4 is 15.0 Å². The first kappa shape index (κ1) is 31.7. The molecule has 5 rings (SSSR count). The first-order chi connectivity index (χ1) is 22.4. The number of rotatable bonds is 11. The number of nitrogens with zero attached hydrogens (tertiary/aromatic N) is 3. The molecule has 4 aromatic carbocycles. The Morgan fingerprint density at radius 1 is 0.935 bits per heavy atom. The van der Waals surface area contributed by atoms with Crippen molar-refractivity contribution in [3.63, 3.8) is 0 Å². The fourth-order valence-corrected chi connectivity index (χ4v) is 5.73. The van der Waals surface area contributed by atoms with Crippen LogP contribution in [0.4, 0.5) is 17.1 Å². The normalized spacial score (nSPS) is 12.9. The molecule has 0 bridgehead atoms. The maximum Gasteiger partial charge on any atom is 0.270 e. The number of hydrogen-bond donors (Lipinski definition) is 1. The lowest BCUT2D eigenvalue weighted by Gasteiger charge is -2.35. The van der Waals surface area contributed by atoms with Gasteiger partial charge in [-0.3, -0.25) is 19.7 Å². The van der Waals surface area contributed by atoms with Crippen LogP contribution in [0.1, 0.15) is 51.5 Å². The third-order valence-corrected chi connectivity index (χ3v) is 8.17. The molecule has 0 atom stereocenters. The van der Waals surface area contributed by atoms with Crippen molar-refractivity contribution in [3.8, 4) is 5.75 Å². The highest BCUT2D eigenvalue weighted by Gasteiger charge is 2.27. The van der Waals surface area contributed by atoms with Gasteiger partial charge in [-0.2, -0.15) is 0 Å². The summed E-state index contributed by atoms with van der Waals surface area (Å²) in [6.45, 7) is 1.37. The van der Waals surface area contributed by atoms with E-state index in [4.69, 9.17) is 4.74 Å². The summed E-state index contributed by atoms with van der Waals surface area (Å²) >= 11 is 0. The van der Waals surface area contributed by atoms with Gasteiger partial charge >= 0.3 is 0 Å². The number of para-hydroxylation sites is 1. The average molecular weight is 619 g/mol. The minimum absolute atomic E-state index is 0.136. The Balaban J connectivity index is 1.27. The summed E-state index contributed by atoms with van der Waals surface area (Å²) in [5, 5.41) is 14.4. The molecule has 10 heteroatoms. The second kappa shape index (κ2) is 14.8. The highest BCUT2D eigenvalue weighted by molar-refractivity contribution is 6.06. The van der Waals surface area contributed by atoms with Crippen molar-refractivity contribution in [3.05, 3.63) is 136 Å². The number of ether oxygens (including phenoxy) is 1. The van der Waals surface area contributed by atoms with E-state index in [1.165, 1.54) is 23.1 Å². The number of nitro benzene ring substituents is 1. The molecule has 46 heavy (non-hydrogen) atoms. The topological polar surface area (TPSA) is 122 Å². The molecule has 0 radical (unpaired) electrons. The quantitative estimate of drug-likeness (QED) is 0.116. The summed E-state index contributed by atoms with van der Waals surface area (Å²) in [6.07, 6.45) is 1.73. The highest BCUT2D eigenvalue weighted by atomic mass is 16.6. The van der Waals surface area contributed by atoms with E-state index in [0.29, 0.717) is 41.5 Å². The van der Waals surface area contributed by atoms with E-state index in [9.17, 15) is 24.5 Å². The SMILES string of the molecule is COc1ccc(C2CCN(C(=C=O)CCN(C(=O)c3cccc([N+](=O)[O-])c3)c3ccccc3)CC2)c(NC(=O)c2ccccc2)c1. The van der Waals surface area contributed by atoms with Crippen LogP contribution in [0.15, 0.2) is 109 Å². The first-order valence-electron chi connectivity index (χ1n) is 15.0. The first-order valence-corrected chi connectivity index (χ1v) is 15.0. The molecule has 0 saturated carbocycles. The second-order valence-corrected chi connectivity index (χ2v) is 10.9. The molecule has 4 aromatic rings. The number of anilines is 2. The van der Waals surface area contributed by atoms with Gasteiger partial charge in [0.05, 0.1) is 12.0 Å². The van der Waals surface area contributed by atoms with Crippen LogP contribution in [0.2, 0.25) is 0 Å². The molecule has 0 spiro atoms. The van der Waals surface area contributed by atoms with Gasteiger partial charge in [-0.05, 0) is 60.7 Å². The minimum Gasteiger partial charge on any atom is -0.497 e. The number of methoxy groups -OCH3 is 1. The lowest BCUT2D eigenvalue weighted by Crippen LogP contribution is -2.36. The Bertz CT molecular complexity index is 1750. The zero-order chi connectivity index (χ0) is 32.5. The van der Waals surface area contributed by atoms with Crippen molar-refractivity contribution in [1.29, 1.82) is 0 Å². The van der Waals surface area contributed by atoms with Crippen LogP contribution in [0.5, 0.6) is 5.75 Å². The third-order valence-electron chi connectivity index (χ3n) is 8.17. The van der Waals surface area contributed by atoms with Gasteiger partial charge in [0.1, 0.15) is 17.4 Å². The molecule has 10 nitrogen and oxygen atoms in total. The number of nitro groups is 1. The zero-order valence-corrected chi connectivity index (χ0v) is 25.4. The predicted octanol–water partition coefficient (Wildman–Crippen LogP) is 6.49. The highest BCUT2D eigenvalue weighted by Crippen LogP contribution is 2.36. The van der Waals surface area contributed by atoms with Crippen LogP contribution >= 0.6 is 0 Å². The number of non-ortho nitro benzene ring substituents is 1. The van der Waals surface area contributed by atoms with Crippen molar-refractivity contribution in [1.82, 2.24) is 4.90 Å². The summed E-state index contributed by atoms with van der Waals surface area (Å²) < 4.78 is 5.42. The molecule has 0 unspecified atom stereocenters. The van der Waals surface area contributed by atoms with Gasteiger partial charge in [0.2, 0.25) is 0 Å². The molecule has 234 valence electrons. The number of amides is 2. The standard InChI is InChI=1S/C36H34N4O6/c1-46-32-15-16-33(34(24-32)37-35(42)27-9-4-2-5-10-27)26-17-20-38(21-18-26)31(25-41)19-22-39(29-12-6-3-7-13-29)36(43)28-11-8-14-30(23-28)40(44)45/h2-16,23-24,26H,17-22H2,1H3,(H,37,42). The summed E-state index contributed by atoms with van der Waals surface area (Å²) in [6, 6.07) is 29.4. The maximum absolute atomic E-state index is 13.6. The summed E-state index contributed by atoms with van der Waals surface area (Å²) in [4.78, 5) is 53.1. The van der Waals surface area contributed by atoms with E-state index in [0.717, 1.165) is 18.4 Å². The van der Waals surface area contributed by atoms with Crippen molar-refractivity contribution < 1.29 is 24.0 Å². The number of piperidine rings is 1. The molecule has 1 aliphatic rings. The smallest absolute Gasteiger partial charge is 0.270 e. The van der Waals surface area contributed by atoms with Crippen LogP contribution in [-0.4, -0.2) is 54.3 Å². The minimum atomic E-state index is -0.535. The molecule has 1 heterocycles. The Kier molecular flexibility index (Phi) is 10.2. The van der Waals surface area contributed by atoms with Gasteiger partial charge in [-0.1, -0.05) is 48.5 Å². The van der Waals surface area contributed by atoms with Crippen LogP contribution in [0.25, 0.3) is 0 Å². The maximum atomic E-state index is 13.6. The lowest BCUT2D eigenvalue weighted by atomic mass is 9.87. The number of nitrogens with one attached hydrogen (secondary N) is 1. The molecular formula is C36H34N4O6. The summed E-state index contributed by atoms with van der Waals surface area (Å²) in [5.41, 5.74) is 3.33.